The van der Waals surface area contributed by atoms with Gasteiger partial charge in [0, 0.05) is 4.47 Å². The summed E-state index contributed by atoms with van der Waals surface area (Å²) in [5, 5.41) is 21.3. The maximum Gasteiger partial charge on any atom is 0.337 e. The Bertz CT molecular complexity index is 1250. The summed E-state index contributed by atoms with van der Waals surface area (Å²) in [6.07, 6.45) is 1.39. The van der Waals surface area contributed by atoms with Crippen molar-refractivity contribution in [3.8, 4) is 17.6 Å². The van der Waals surface area contributed by atoms with Gasteiger partial charge in [-0.05, 0) is 53.6 Å². The second-order valence-electron chi connectivity index (χ2n) is 6.80. The lowest BCUT2D eigenvalue weighted by Gasteiger charge is -2.12. The smallest absolute Gasteiger partial charge is 0.337 e. The van der Waals surface area contributed by atoms with Gasteiger partial charge in [-0.1, -0.05) is 46.3 Å². The number of carbonyl (C=O) groups is 2. The van der Waals surface area contributed by atoms with Crippen LogP contribution in [0, 0.1) is 11.3 Å². The summed E-state index contributed by atoms with van der Waals surface area (Å²) in [5.74, 6) is -0.957. The molecule has 2 N–H and O–H groups in total. The number of hydrogen-bond donors (Lipinski definition) is 2. The molecular weight excluding hydrogens is 488 g/mol. The molecule has 0 spiro atoms. The molecule has 0 unspecified atom stereocenters. The number of carboxylic acids is 1. The lowest BCUT2D eigenvalue weighted by molar-refractivity contribution is -0.112. The summed E-state index contributed by atoms with van der Waals surface area (Å²) < 4.78 is 12.2. The summed E-state index contributed by atoms with van der Waals surface area (Å²) in [6, 6.07) is 20.5. The number of carbonyl (C=O) groups excluding carboxylic acids is 1. The van der Waals surface area contributed by atoms with Gasteiger partial charge >= 0.3 is 5.97 Å². The molecule has 7 nitrogen and oxygen atoms in total. The van der Waals surface area contributed by atoms with Crippen LogP contribution in [0.5, 0.6) is 11.5 Å². The number of benzene rings is 3. The van der Waals surface area contributed by atoms with E-state index in [1.165, 1.54) is 25.3 Å². The van der Waals surface area contributed by atoms with Gasteiger partial charge in [0.15, 0.2) is 11.5 Å². The highest BCUT2D eigenvalue weighted by molar-refractivity contribution is 9.10. The van der Waals surface area contributed by atoms with Gasteiger partial charge in [0.25, 0.3) is 5.91 Å². The van der Waals surface area contributed by atoms with Gasteiger partial charge in [0.05, 0.1) is 18.4 Å². The van der Waals surface area contributed by atoms with Gasteiger partial charge < -0.3 is 19.9 Å². The molecule has 3 aromatic carbocycles. The number of nitriles is 1. The van der Waals surface area contributed by atoms with Gasteiger partial charge in [-0.15, -0.1) is 0 Å². The minimum atomic E-state index is -1.18. The van der Waals surface area contributed by atoms with Crippen LogP contribution in [0.1, 0.15) is 21.5 Å². The van der Waals surface area contributed by atoms with Gasteiger partial charge in [-0.3, -0.25) is 4.79 Å². The van der Waals surface area contributed by atoms with Gasteiger partial charge in [-0.25, -0.2) is 4.79 Å². The number of para-hydroxylation sites is 1. The van der Waals surface area contributed by atoms with Crippen LogP contribution in [0.15, 0.2) is 76.8 Å². The third kappa shape index (κ3) is 6.21. The Morgan fingerprint density at radius 3 is 2.48 bits per heavy atom. The van der Waals surface area contributed by atoms with E-state index in [0.29, 0.717) is 23.7 Å². The number of halogens is 1. The fraction of sp³-hybridized carbons (Fsp3) is 0.0800. The van der Waals surface area contributed by atoms with Crippen molar-refractivity contribution in [2.45, 2.75) is 6.61 Å². The molecule has 1 amide bonds. The summed E-state index contributed by atoms with van der Waals surface area (Å²) in [4.78, 5) is 24.0. The minimum Gasteiger partial charge on any atom is -0.493 e. The molecule has 0 saturated carbocycles. The Morgan fingerprint density at radius 1 is 1.09 bits per heavy atom. The fourth-order valence-electron chi connectivity index (χ4n) is 2.92. The number of carboxylic acid groups (broad SMARTS) is 1. The van der Waals surface area contributed by atoms with E-state index in [1.54, 1.807) is 30.3 Å². The molecule has 8 heteroatoms. The Hall–Kier alpha value is -4.09. The van der Waals surface area contributed by atoms with Gasteiger partial charge in [-0.2, -0.15) is 5.26 Å². The van der Waals surface area contributed by atoms with Crippen LogP contribution in [-0.2, 0) is 11.4 Å². The second-order valence-corrected chi connectivity index (χ2v) is 7.72. The first-order valence-corrected chi connectivity index (χ1v) is 10.5. The predicted octanol–water partition coefficient (Wildman–Crippen LogP) is 5.28. The third-order valence-corrected chi connectivity index (χ3v) is 5.11. The van der Waals surface area contributed by atoms with Crippen molar-refractivity contribution in [2.75, 3.05) is 12.4 Å². The fourth-order valence-corrected chi connectivity index (χ4v) is 3.19. The highest BCUT2D eigenvalue weighted by Crippen LogP contribution is 2.30. The van der Waals surface area contributed by atoms with E-state index >= 15 is 0 Å². The predicted molar refractivity (Wildman–Crippen MR) is 127 cm³/mol. The summed E-state index contributed by atoms with van der Waals surface area (Å²) in [7, 11) is 1.52. The molecule has 0 aliphatic carbocycles. The number of anilines is 1. The number of hydrogen-bond acceptors (Lipinski definition) is 5. The maximum absolute atomic E-state index is 12.6. The average molecular weight is 507 g/mol. The van der Waals surface area contributed by atoms with E-state index in [2.05, 4.69) is 21.2 Å². The third-order valence-electron chi connectivity index (χ3n) is 4.58. The molecule has 0 heterocycles. The van der Waals surface area contributed by atoms with Gasteiger partial charge in [0.1, 0.15) is 18.2 Å². The highest BCUT2D eigenvalue weighted by Gasteiger charge is 2.15. The number of ether oxygens (including phenoxy) is 2. The van der Waals surface area contributed by atoms with Crippen LogP contribution in [0.2, 0.25) is 0 Å². The highest BCUT2D eigenvalue weighted by atomic mass is 79.9. The molecule has 0 aromatic heterocycles. The van der Waals surface area contributed by atoms with Crippen LogP contribution < -0.4 is 14.8 Å². The molecule has 3 aromatic rings. The molecule has 0 fully saturated rings. The quantitative estimate of drug-likeness (QED) is 0.317. The van der Waals surface area contributed by atoms with Crippen molar-refractivity contribution < 1.29 is 24.2 Å². The van der Waals surface area contributed by atoms with Crippen molar-refractivity contribution in [3.05, 3.63) is 93.5 Å². The molecule has 0 aliphatic rings. The molecule has 3 rings (SSSR count). The molecule has 33 heavy (non-hydrogen) atoms. The zero-order chi connectivity index (χ0) is 23.8. The van der Waals surface area contributed by atoms with Crippen LogP contribution in [-0.4, -0.2) is 24.1 Å². The van der Waals surface area contributed by atoms with Crippen molar-refractivity contribution in [3.63, 3.8) is 0 Å². The molecule has 0 atom stereocenters. The van der Waals surface area contributed by atoms with Crippen molar-refractivity contribution >= 4 is 39.6 Å². The van der Waals surface area contributed by atoms with Crippen LogP contribution in [0.25, 0.3) is 6.08 Å². The average Bonchev–Trinajstić information content (AvgIpc) is 2.82. The van der Waals surface area contributed by atoms with Crippen molar-refractivity contribution in [2.24, 2.45) is 0 Å². The SMILES string of the molecule is COc1ccc(/C=C(\C#N)C(=O)Nc2ccccc2C(=O)O)cc1OCc1ccc(Br)cc1. The lowest BCUT2D eigenvalue weighted by Crippen LogP contribution is -2.16. The monoisotopic (exact) mass is 506 g/mol. The Morgan fingerprint density at radius 2 is 1.82 bits per heavy atom. The number of methoxy groups -OCH3 is 1. The minimum absolute atomic E-state index is 0.0729. The largest absolute Gasteiger partial charge is 0.493 e. The van der Waals surface area contributed by atoms with Crippen molar-refractivity contribution in [1.82, 2.24) is 0 Å². The number of aromatic carboxylic acids is 1. The number of nitrogens with one attached hydrogen (secondary N) is 1. The standard InChI is InChI=1S/C25H19BrN2O5/c1-32-22-11-8-17(13-23(22)33-15-16-6-9-19(26)10-7-16)12-18(14-27)24(29)28-21-5-3-2-4-20(21)25(30)31/h2-13H,15H2,1H3,(H,28,29)(H,30,31)/b18-12+. The van der Waals surface area contributed by atoms with Gasteiger partial charge in [0.2, 0.25) is 0 Å². The summed E-state index contributed by atoms with van der Waals surface area (Å²) >= 11 is 3.39. The number of rotatable bonds is 8. The number of nitrogens with zero attached hydrogens (tertiary/aromatic N) is 1. The van der Waals surface area contributed by atoms with E-state index in [9.17, 15) is 20.0 Å². The Labute approximate surface area is 199 Å². The summed E-state index contributed by atoms with van der Waals surface area (Å²) in [6.45, 7) is 0.300. The van der Waals surface area contributed by atoms with E-state index in [-0.39, 0.29) is 16.8 Å². The first-order valence-electron chi connectivity index (χ1n) is 9.72. The summed E-state index contributed by atoms with van der Waals surface area (Å²) in [5.41, 5.74) is 1.33. The zero-order valence-electron chi connectivity index (χ0n) is 17.5. The maximum atomic E-state index is 12.6. The van der Waals surface area contributed by atoms with Crippen LogP contribution in [0.3, 0.4) is 0 Å². The van der Waals surface area contributed by atoms with E-state index < -0.39 is 11.9 Å². The molecule has 0 bridgehead atoms. The molecule has 0 aliphatic heterocycles. The van der Waals surface area contributed by atoms with E-state index in [1.807, 2.05) is 30.3 Å². The van der Waals surface area contributed by atoms with Crippen LogP contribution in [0.4, 0.5) is 5.69 Å². The molecular formula is C25H19BrN2O5. The van der Waals surface area contributed by atoms with Crippen molar-refractivity contribution in [1.29, 1.82) is 5.26 Å². The molecule has 0 saturated heterocycles. The second kappa shape index (κ2) is 11.0. The zero-order valence-corrected chi connectivity index (χ0v) is 19.1. The normalized spacial score (nSPS) is 10.8. The van der Waals surface area contributed by atoms with E-state index in [0.717, 1.165) is 10.0 Å². The molecule has 0 radical (unpaired) electrons. The van der Waals surface area contributed by atoms with Crippen LogP contribution >= 0.6 is 15.9 Å². The number of amides is 1. The Balaban J connectivity index is 1.82. The first-order chi connectivity index (χ1) is 15.9. The molecule has 166 valence electrons. The topological polar surface area (TPSA) is 109 Å². The first kappa shape index (κ1) is 23.6. The lowest BCUT2D eigenvalue weighted by atomic mass is 10.1. The van der Waals surface area contributed by atoms with E-state index in [4.69, 9.17) is 9.47 Å². The Kier molecular flexibility index (Phi) is 7.84.